The number of aryl methyl sites for hydroxylation is 2. The Balaban J connectivity index is 1.86. The molecular formula is C21H18B3N3O4. The van der Waals surface area contributed by atoms with Crippen LogP contribution >= 0.6 is 0 Å². The fraction of sp³-hybridized carbons (Fsp3) is 0.0952. The lowest BCUT2D eigenvalue weighted by molar-refractivity contribution is 0.356. The van der Waals surface area contributed by atoms with Gasteiger partial charge in [0.1, 0.15) is 0 Å². The molecule has 10 heteroatoms. The first-order chi connectivity index (χ1) is 14.9. The third-order valence-electron chi connectivity index (χ3n) is 4.67. The zero-order valence-corrected chi connectivity index (χ0v) is 17.1. The molecule has 2 N–H and O–H groups in total. The van der Waals surface area contributed by atoms with E-state index in [0.29, 0.717) is 33.2 Å². The van der Waals surface area contributed by atoms with Crippen molar-refractivity contribution in [2.45, 2.75) is 13.8 Å². The lowest BCUT2D eigenvalue weighted by Gasteiger charge is -2.21. The van der Waals surface area contributed by atoms with Crippen molar-refractivity contribution in [3.05, 3.63) is 83.2 Å². The van der Waals surface area contributed by atoms with Crippen molar-refractivity contribution < 1.29 is 19.2 Å². The second kappa shape index (κ2) is 10.1. The third kappa shape index (κ3) is 5.61. The molecule has 0 aliphatic carbocycles. The highest BCUT2D eigenvalue weighted by atomic mass is 16.6. The average molecular weight is 409 g/mol. The van der Waals surface area contributed by atoms with Gasteiger partial charge in [0.05, 0.1) is 23.3 Å². The standard InChI is InChI=1S/C21H18B3N3O4/c1-15-3-12-21(16(2)27-15)24(30-22(28)19-8-4-17(13-25)5-9-19)31-23(29)20-10-6-18(14-26)7-11-20/h3-12,28-29H,1-2H3. The summed E-state index contributed by atoms with van der Waals surface area (Å²) in [5.74, 6) is 0. The lowest BCUT2D eigenvalue weighted by Crippen LogP contribution is -2.52. The van der Waals surface area contributed by atoms with Crippen LogP contribution in [0.5, 0.6) is 0 Å². The first-order valence-corrected chi connectivity index (χ1v) is 9.52. The molecule has 0 radical (unpaired) electrons. The van der Waals surface area contributed by atoms with Gasteiger partial charge in [-0.15, -0.1) is 0 Å². The van der Waals surface area contributed by atoms with Gasteiger partial charge in [-0.25, -0.2) is 0 Å². The van der Waals surface area contributed by atoms with E-state index in [1.165, 1.54) is 0 Å². The zero-order valence-electron chi connectivity index (χ0n) is 17.1. The predicted molar refractivity (Wildman–Crippen MR) is 119 cm³/mol. The molecule has 0 aliphatic rings. The topological polar surface area (TPSA) is 119 Å². The Kier molecular flexibility index (Phi) is 7.25. The number of pyridine rings is 1. The van der Waals surface area contributed by atoms with Gasteiger partial charge in [0.25, 0.3) is 0 Å². The van der Waals surface area contributed by atoms with Crippen LogP contribution in [-0.2, 0) is 9.14 Å². The summed E-state index contributed by atoms with van der Waals surface area (Å²) in [6.45, 7) is 3.63. The van der Waals surface area contributed by atoms with Crippen molar-refractivity contribution >= 4 is 37.7 Å². The van der Waals surface area contributed by atoms with Crippen LogP contribution in [0.15, 0.2) is 60.7 Å². The van der Waals surface area contributed by atoms with Gasteiger partial charge in [0.15, 0.2) is 0 Å². The third-order valence-corrected chi connectivity index (χ3v) is 4.67. The summed E-state index contributed by atoms with van der Waals surface area (Å²) in [7, 11) is -3.87. The molecule has 0 fully saturated rings. The largest absolute Gasteiger partial charge is 0.477 e. The Hall–Kier alpha value is -3.40. The first-order valence-electron chi connectivity index (χ1n) is 9.52. The average Bonchev–Trinajstić information content (AvgIpc) is 2.78. The normalized spacial score (nSPS) is 10.1. The molecule has 0 saturated heterocycles. The molecule has 150 valence electrons. The molecule has 0 atom stereocenters. The van der Waals surface area contributed by atoms with Gasteiger partial charge in [-0.05, 0) is 55.1 Å². The van der Waals surface area contributed by atoms with E-state index in [4.69, 9.17) is 19.7 Å². The minimum Gasteiger partial charge on any atom is -0.444 e. The molecule has 0 bridgehead atoms. The summed E-state index contributed by atoms with van der Waals surface area (Å²) >= 11 is 0. The van der Waals surface area contributed by atoms with E-state index < -0.39 is 21.4 Å². The van der Waals surface area contributed by atoms with Crippen LogP contribution in [0.4, 0.5) is 0 Å². The summed E-state index contributed by atoms with van der Waals surface area (Å²) in [6.07, 6.45) is 0. The van der Waals surface area contributed by atoms with Gasteiger partial charge in [0, 0.05) is 16.9 Å². The number of benzene rings is 2. The van der Waals surface area contributed by atoms with Crippen LogP contribution in [0.2, 0.25) is 0 Å². The molecule has 0 spiro atoms. The van der Waals surface area contributed by atoms with E-state index in [2.05, 4.69) is 4.98 Å². The Bertz CT molecular complexity index is 1060. The van der Waals surface area contributed by atoms with Crippen LogP contribution in [0.25, 0.3) is 0 Å². The van der Waals surface area contributed by atoms with E-state index in [9.17, 15) is 10.0 Å². The molecule has 7 nitrogen and oxygen atoms in total. The fourth-order valence-electron chi connectivity index (χ4n) is 2.96. The maximum Gasteiger partial charge on any atom is 0.477 e. The molecule has 0 unspecified atom stereocenters. The highest BCUT2D eigenvalue weighted by molar-refractivity contribution is 6.79. The highest BCUT2D eigenvalue weighted by Crippen LogP contribution is 2.04. The number of aromatic nitrogens is 1. The van der Waals surface area contributed by atoms with E-state index in [0.717, 1.165) is 5.69 Å². The predicted octanol–water partition coefficient (Wildman–Crippen LogP) is -0.0544. The first kappa shape index (κ1) is 22.3. The molecule has 0 saturated carbocycles. The van der Waals surface area contributed by atoms with Crippen molar-refractivity contribution in [1.82, 2.24) is 4.98 Å². The second-order valence-electron chi connectivity index (χ2n) is 6.90. The molecule has 3 rings (SSSR count). The maximum atomic E-state index is 10.6. The SMILES string of the molecule is Cc1ccc(B(OB(O)c2ccc(C#N)cc2)OB(O)c2ccc(C#N)cc2)c(C)n1. The fourth-order valence-corrected chi connectivity index (χ4v) is 2.96. The van der Waals surface area contributed by atoms with Crippen LogP contribution < -0.4 is 16.4 Å². The quantitative estimate of drug-likeness (QED) is 0.526. The Morgan fingerprint density at radius 2 is 1.19 bits per heavy atom. The Labute approximate surface area is 182 Å². The summed E-state index contributed by atoms with van der Waals surface area (Å²) in [5, 5.41) is 39.1. The Morgan fingerprint density at radius 3 is 1.58 bits per heavy atom. The summed E-state index contributed by atoms with van der Waals surface area (Å²) in [6, 6.07) is 20.2. The molecule has 2 aromatic carbocycles. The van der Waals surface area contributed by atoms with Crippen molar-refractivity contribution in [3.8, 4) is 12.1 Å². The molecular weight excluding hydrogens is 391 g/mol. The van der Waals surface area contributed by atoms with Gasteiger partial charge in [-0.1, -0.05) is 30.3 Å². The zero-order chi connectivity index (χ0) is 22.4. The van der Waals surface area contributed by atoms with Crippen LogP contribution in [0.3, 0.4) is 0 Å². The van der Waals surface area contributed by atoms with Gasteiger partial charge < -0.3 is 19.2 Å². The van der Waals surface area contributed by atoms with Gasteiger partial charge in [0.2, 0.25) is 0 Å². The number of hydrogen-bond donors (Lipinski definition) is 2. The summed E-state index contributed by atoms with van der Waals surface area (Å²) in [5.41, 5.74) is 3.75. The number of nitrogens with zero attached hydrogens (tertiary/aromatic N) is 3. The molecule has 1 aromatic heterocycles. The lowest BCUT2D eigenvalue weighted by atomic mass is 9.67. The number of nitriles is 2. The second-order valence-corrected chi connectivity index (χ2v) is 6.90. The summed E-state index contributed by atoms with van der Waals surface area (Å²) < 4.78 is 11.5. The van der Waals surface area contributed by atoms with Crippen molar-refractivity contribution in [2.24, 2.45) is 0 Å². The summed E-state index contributed by atoms with van der Waals surface area (Å²) in [4.78, 5) is 4.40. The van der Waals surface area contributed by atoms with Crippen LogP contribution in [0, 0.1) is 36.5 Å². The minimum absolute atomic E-state index is 0.429. The van der Waals surface area contributed by atoms with Gasteiger partial charge in [-0.3, -0.25) is 4.98 Å². The van der Waals surface area contributed by atoms with Crippen LogP contribution in [0.1, 0.15) is 22.5 Å². The van der Waals surface area contributed by atoms with Crippen molar-refractivity contribution in [2.75, 3.05) is 0 Å². The van der Waals surface area contributed by atoms with Crippen molar-refractivity contribution in [1.29, 1.82) is 10.5 Å². The molecule has 0 amide bonds. The molecule has 3 aromatic rings. The van der Waals surface area contributed by atoms with E-state index in [-0.39, 0.29) is 0 Å². The number of hydrogen-bond acceptors (Lipinski definition) is 7. The monoisotopic (exact) mass is 409 g/mol. The van der Waals surface area contributed by atoms with Crippen molar-refractivity contribution in [3.63, 3.8) is 0 Å². The maximum absolute atomic E-state index is 10.6. The Morgan fingerprint density at radius 1 is 0.742 bits per heavy atom. The van der Waals surface area contributed by atoms with Gasteiger partial charge >= 0.3 is 21.4 Å². The van der Waals surface area contributed by atoms with E-state index in [1.54, 1.807) is 67.6 Å². The number of rotatable bonds is 7. The smallest absolute Gasteiger partial charge is 0.444 e. The highest BCUT2D eigenvalue weighted by Gasteiger charge is 2.34. The minimum atomic E-state index is -1.37. The molecule has 1 heterocycles. The van der Waals surface area contributed by atoms with E-state index in [1.807, 2.05) is 19.1 Å². The van der Waals surface area contributed by atoms with Crippen LogP contribution in [-0.4, -0.2) is 36.4 Å². The van der Waals surface area contributed by atoms with Gasteiger partial charge in [-0.2, -0.15) is 10.5 Å². The molecule has 31 heavy (non-hydrogen) atoms. The van der Waals surface area contributed by atoms with E-state index >= 15 is 0 Å². The molecule has 0 aliphatic heterocycles.